The summed E-state index contributed by atoms with van der Waals surface area (Å²) in [6.45, 7) is 8.63. The number of ether oxygens (including phenoxy) is 2. The molecule has 0 saturated carbocycles. The number of hydrogen-bond acceptors (Lipinski definition) is 6. The van der Waals surface area contributed by atoms with Crippen LogP contribution in [0.5, 0.6) is 5.75 Å². The largest absolute Gasteiger partial charge is 0.496 e. The zero-order valence-corrected chi connectivity index (χ0v) is 30.0. The Labute approximate surface area is 299 Å². The molecule has 7 rings (SSSR count). The normalized spacial score (nSPS) is 14.6. The van der Waals surface area contributed by atoms with Gasteiger partial charge in [0, 0.05) is 34.8 Å². The summed E-state index contributed by atoms with van der Waals surface area (Å²) >= 11 is 1.29. The average Bonchev–Trinajstić information content (AvgIpc) is 3.64. The van der Waals surface area contributed by atoms with Crippen molar-refractivity contribution in [1.29, 1.82) is 0 Å². The molecule has 51 heavy (non-hydrogen) atoms. The Kier molecular flexibility index (Phi) is 9.31. The number of rotatable bonds is 9. The van der Waals surface area contributed by atoms with Gasteiger partial charge in [0.15, 0.2) is 4.80 Å². The Balaban J connectivity index is 1.49. The van der Waals surface area contributed by atoms with Crippen LogP contribution in [0.25, 0.3) is 22.7 Å². The Morgan fingerprint density at radius 1 is 1.02 bits per heavy atom. The minimum atomic E-state index is -0.805. The fourth-order valence-electron chi connectivity index (χ4n) is 6.82. The smallest absolute Gasteiger partial charge is 0.338 e. The molecule has 4 aromatic carbocycles. The van der Waals surface area contributed by atoms with Crippen LogP contribution in [0.4, 0.5) is 4.39 Å². The SMILES string of the molecule is CCOC(=O)C1=C(c2ccccc2)N=c2s/c(=C\c3cn(Cc4ccc(F)cc4)c4ccccc34)c(=O)n2[C@@H]1c1cc(C(C)C)c(OC)cc1C. The Hall–Kier alpha value is -5.54. The first-order valence-corrected chi connectivity index (χ1v) is 17.8. The molecule has 0 spiro atoms. The van der Waals surface area contributed by atoms with Crippen LogP contribution in [0, 0.1) is 12.7 Å². The molecule has 6 aromatic rings. The quantitative estimate of drug-likeness (QED) is 0.147. The first-order valence-electron chi connectivity index (χ1n) is 17.0. The van der Waals surface area contributed by atoms with Crippen LogP contribution in [0.15, 0.2) is 113 Å². The minimum absolute atomic E-state index is 0.117. The van der Waals surface area contributed by atoms with Gasteiger partial charge in [-0.25, -0.2) is 14.2 Å². The van der Waals surface area contributed by atoms with Gasteiger partial charge < -0.3 is 14.0 Å². The number of thiazole rings is 1. The monoisotopic (exact) mass is 699 g/mol. The van der Waals surface area contributed by atoms with E-state index >= 15 is 0 Å². The van der Waals surface area contributed by atoms with Gasteiger partial charge in [0.05, 0.1) is 35.6 Å². The van der Waals surface area contributed by atoms with Gasteiger partial charge >= 0.3 is 5.97 Å². The molecule has 7 nitrogen and oxygen atoms in total. The maximum absolute atomic E-state index is 14.7. The van der Waals surface area contributed by atoms with Crippen molar-refractivity contribution in [3.8, 4) is 5.75 Å². The molecular formula is C42H38FN3O4S. The molecule has 0 N–H and O–H groups in total. The number of carbonyl (C=O) groups excluding carboxylic acids is 1. The van der Waals surface area contributed by atoms with Crippen molar-refractivity contribution < 1.29 is 18.7 Å². The molecule has 1 aliphatic rings. The van der Waals surface area contributed by atoms with Crippen molar-refractivity contribution in [2.75, 3.05) is 13.7 Å². The molecule has 3 heterocycles. The zero-order chi connectivity index (χ0) is 35.8. The number of carbonyl (C=O) groups is 1. The Morgan fingerprint density at radius 2 is 1.75 bits per heavy atom. The van der Waals surface area contributed by atoms with Crippen LogP contribution < -0.4 is 19.6 Å². The Morgan fingerprint density at radius 3 is 2.45 bits per heavy atom. The van der Waals surface area contributed by atoms with Gasteiger partial charge in [-0.2, -0.15) is 0 Å². The third-order valence-corrected chi connectivity index (χ3v) is 10.3. The summed E-state index contributed by atoms with van der Waals surface area (Å²) in [6.07, 6.45) is 3.92. The highest BCUT2D eigenvalue weighted by molar-refractivity contribution is 7.07. The molecule has 0 unspecified atom stereocenters. The number of methoxy groups -OCH3 is 1. The van der Waals surface area contributed by atoms with Crippen LogP contribution in [0.3, 0.4) is 0 Å². The molecule has 2 aromatic heterocycles. The lowest BCUT2D eigenvalue weighted by Gasteiger charge is -2.28. The van der Waals surface area contributed by atoms with Crippen LogP contribution in [0.1, 0.15) is 66.1 Å². The topological polar surface area (TPSA) is 74.8 Å². The van der Waals surface area contributed by atoms with E-state index in [0.717, 1.165) is 50.0 Å². The van der Waals surface area contributed by atoms with E-state index in [-0.39, 0.29) is 23.9 Å². The number of halogens is 1. The van der Waals surface area contributed by atoms with Crippen molar-refractivity contribution >= 4 is 40.0 Å². The van der Waals surface area contributed by atoms with Crippen LogP contribution in [-0.4, -0.2) is 28.8 Å². The minimum Gasteiger partial charge on any atom is -0.496 e. The summed E-state index contributed by atoms with van der Waals surface area (Å²) in [5.74, 6) is 0.0634. The number of hydrogen-bond donors (Lipinski definition) is 0. The van der Waals surface area contributed by atoms with Gasteiger partial charge in [-0.1, -0.05) is 85.8 Å². The van der Waals surface area contributed by atoms with E-state index in [1.54, 1.807) is 30.7 Å². The first-order chi connectivity index (χ1) is 24.7. The van der Waals surface area contributed by atoms with Crippen molar-refractivity contribution in [1.82, 2.24) is 9.13 Å². The maximum atomic E-state index is 14.7. The number of nitrogens with zero attached hydrogens (tertiary/aromatic N) is 3. The molecule has 0 fully saturated rings. The van der Waals surface area contributed by atoms with Gasteiger partial charge in [0.1, 0.15) is 11.6 Å². The Bertz CT molecular complexity index is 2490. The van der Waals surface area contributed by atoms with Gasteiger partial charge in [-0.05, 0) is 78.4 Å². The lowest BCUT2D eigenvalue weighted by Crippen LogP contribution is -2.40. The molecule has 0 bridgehead atoms. The molecule has 1 aliphatic heterocycles. The molecule has 0 aliphatic carbocycles. The highest BCUT2D eigenvalue weighted by Gasteiger charge is 2.36. The highest BCUT2D eigenvalue weighted by atomic mass is 32.1. The zero-order valence-electron chi connectivity index (χ0n) is 29.1. The lowest BCUT2D eigenvalue weighted by molar-refractivity contribution is -0.138. The van der Waals surface area contributed by atoms with E-state index in [1.165, 1.54) is 23.5 Å². The number of fused-ring (bicyclic) bond motifs is 2. The molecule has 0 saturated heterocycles. The van der Waals surface area contributed by atoms with E-state index in [0.29, 0.717) is 27.1 Å². The molecule has 0 radical (unpaired) electrons. The van der Waals surface area contributed by atoms with Crippen LogP contribution in [-0.2, 0) is 16.1 Å². The number of esters is 1. The van der Waals surface area contributed by atoms with E-state index in [1.807, 2.05) is 79.9 Å². The second-order valence-electron chi connectivity index (χ2n) is 12.9. The van der Waals surface area contributed by atoms with Crippen LogP contribution in [0.2, 0.25) is 0 Å². The summed E-state index contributed by atoms with van der Waals surface area (Å²) in [6, 6.07) is 27.3. The summed E-state index contributed by atoms with van der Waals surface area (Å²) < 4.78 is 29.3. The summed E-state index contributed by atoms with van der Waals surface area (Å²) in [7, 11) is 1.65. The molecule has 0 amide bonds. The predicted octanol–water partition coefficient (Wildman–Crippen LogP) is 7.52. The van der Waals surface area contributed by atoms with Gasteiger partial charge in [0.25, 0.3) is 5.56 Å². The van der Waals surface area contributed by atoms with E-state index in [4.69, 9.17) is 14.5 Å². The third-order valence-electron chi connectivity index (χ3n) is 9.28. The van der Waals surface area contributed by atoms with Crippen molar-refractivity contribution in [2.45, 2.75) is 46.2 Å². The molecule has 258 valence electrons. The van der Waals surface area contributed by atoms with Crippen molar-refractivity contribution in [2.24, 2.45) is 4.99 Å². The summed E-state index contributed by atoms with van der Waals surface area (Å²) in [4.78, 5) is 34.3. The van der Waals surface area contributed by atoms with E-state index in [9.17, 15) is 14.0 Å². The fourth-order valence-corrected chi connectivity index (χ4v) is 7.81. The van der Waals surface area contributed by atoms with Crippen LogP contribution >= 0.6 is 11.3 Å². The summed E-state index contributed by atoms with van der Waals surface area (Å²) in [5, 5.41) is 0.978. The number of aryl methyl sites for hydroxylation is 1. The number of para-hydroxylation sites is 1. The standard InChI is InChI=1S/C42H38FN3O4S/c1-6-50-41(48)37-38(28-12-8-7-9-13-28)44-42-46(39(37)33-22-32(25(2)3)35(49-5)20-26(33)4)40(47)36(51-42)21-29-24-45(34-15-11-10-14-31(29)34)23-27-16-18-30(43)19-17-27/h7-22,24-25,39H,6,23H2,1-5H3/b36-21-/t39-/m1/s1. The van der Waals surface area contributed by atoms with Crippen molar-refractivity contribution in [3.63, 3.8) is 0 Å². The molecular weight excluding hydrogens is 662 g/mol. The summed E-state index contributed by atoms with van der Waals surface area (Å²) in [5.41, 5.74) is 6.73. The van der Waals surface area contributed by atoms with Gasteiger partial charge in [-0.3, -0.25) is 9.36 Å². The average molecular weight is 700 g/mol. The van der Waals surface area contributed by atoms with E-state index < -0.39 is 12.0 Å². The number of benzene rings is 4. The number of aromatic nitrogens is 2. The fraction of sp³-hybridized carbons (Fsp3) is 0.214. The predicted molar refractivity (Wildman–Crippen MR) is 200 cm³/mol. The van der Waals surface area contributed by atoms with Crippen molar-refractivity contribution in [3.05, 3.63) is 162 Å². The third kappa shape index (κ3) is 6.34. The lowest BCUT2D eigenvalue weighted by atomic mass is 9.87. The molecule has 9 heteroatoms. The maximum Gasteiger partial charge on any atom is 0.338 e. The van der Waals surface area contributed by atoms with E-state index in [2.05, 4.69) is 24.5 Å². The molecule has 1 atom stereocenters. The first kappa shape index (κ1) is 33.9. The second-order valence-corrected chi connectivity index (χ2v) is 13.9. The van der Waals surface area contributed by atoms with Gasteiger partial charge in [0.2, 0.25) is 0 Å². The highest BCUT2D eigenvalue weighted by Crippen LogP contribution is 2.40. The van der Waals surface area contributed by atoms with Gasteiger partial charge in [-0.15, -0.1) is 0 Å². The second kappa shape index (κ2) is 14.0.